The van der Waals surface area contributed by atoms with E-state index in [1.165, 1.54) is 38.6 Å². The number of morpholine rings is 1. The summed E-state index contributed by atoms with van der Waals surface area (Å²) in [6.07, 6.45) is 8.33. The molecule has 1 aromatic heterocycles. The number of aliphatic imine (C=N–C) groups is 1. The Morgan fingerprint density at radius 2 is 1.84 bits per heavy atom. The molecule has 1 N–H and O–H groups in total. The van der Waals surface area contributed by atoms with Crippen LogP contribution in [0, 0.1) is 5.41 Å². The highest BCUT2D eigenvalue weighted by Crippen LogP contribution is 2.37. The molecule has 3 heterocycles. The lowest BCUT2D eigenvalue weighted by Gasteiger charge is -2.42. The molecule has 0 spiro atoms. The maximum atomic E-state index is 5.57. The van der Waals surface area contributed by atoms with Crippen LogP contribution in [0.25, 0.3) is 0 Å². The molecule has 0 radical (unpaired) electrons. The third-order valence-corrected chi connectivity index (χ3v) is 7.02. The second kappa shape index (κ2) is 11.3. The van der Waals surface area contributed by atoms with Gasteiger partial charge < -0.3 is 19.5 Å². The van der Waals surface area contributed by atoms with Gasteiger partial charge in [-0.15, -0.1) is 0 Å². The number of hydrogen-bond donors (Lipinski definition) is 1. The first-order chi connectivity index (χ1) is 15.3. The predicted molar refractivity (Wildman–Crippen MR) is 122 cm³/mol. The van der Waals surface area contributed by atoms with Gasteiger partial charge in [0.15, 0.2) is 5.96 Å². The minimum atomic E-state index is 0.324. The highest BCUT2D eigenvalue weighted by molar-refractivity contribution is 5.80. The summed E-state index contributed by atoms with van der Waals surface area (Å²) in [5.41, 5.74) is 1.33. The van der Waals surface area contributed by atoms with Gasteiger partial charge in [0.25, 0.3) is 0 Å². The fourth-order valence-electron chi connectivity index (χ4n) is 5.24. The highest BCUT2D eigenvalue weighted by Gasteiger charge is 2.34. The summed E-state index contributed by atoms with van der Waals surface area (Å²) in [5, 5.41) is 7.62. The lowest BCUT2D eigenvalue weighted by molar-refractivity contribution is 0.00931. The molecule has 3 fully saturated rings. The standard InChI is InChI=1S/C23H40N6O2/c1-2-24-22(29-11-9-27(10-12-29)18-21-6-15-31-26-21)25-19-23(7-4-3-5-8-23)20-28-13-16-30-17-14-28/h6,15H,2-5,7-14,16-20H2,1H3,(H,24,25). The summed E-state index contributed by atoms with van der Waals surface area (Å²) >= 11 is 0. The monoisotopic (exact) mass is 432 g/mol. The van der Waals surface area contributed by atoms with Crippen LogP contribution in [-0.2, 0) is 11.3 Å². The molecule has 1 aromatic rings. The van der Waals surface area contributed by atoms with E-state index in [4.69, 9.17) is 14.3 Å². The van der Waals surface area contributed by atoms with Crippen LogP contribution < -0.4 is 5.32 Å². The molecule has 31 heavy (non-hydrogen) atoms. The van der Waals surface area contributed by atoms with Crippen LogP contribution in [0.2, 0.25) is 0 Å². The van der Waals surface area contributed by atoms with Crippen molar-refractivity contribution < 1.29 is 9.26 Å². The van der Waals surface area contributed by atoms with E-state index in [0.717, 1.165) is 83.8 Å². The van der Waals surface area contributed by atoms with Crippen LogP contribution in [0.1, 0.15) is 44.7 Å². The minimum absolute atomic E-state index is 0.324. The Labute approximate surface area is 187 Å². The molecule has 0 aromatic carbocycles. The molecule has 0 bridgehead atoms. The summed E-state index contributed by atoms with van der Waals surface area (Å²) in [6.45, 7) is 14.0. The van der Waals surface area contributed by atoms with E-state index in [0.29, 0.717) is 5.41 Å². The van der Waals surface area contributed by atoms with Gasteiger partial charge in [-0.1, -0.05) is 24.4 Å². The molecule has 0 unspecified atom stereocenters. The third-order valence-electron chi connectivity index (χ3n) is 7.02. The van der Waals surface area contributed by atoms with Gasteiger partial charge in [-0.2, -0.15) is 0 Å². The van der Waals surface area contributed by atoms with Gasteiger partial charge in [-0.05, 0) is 19.8 Å². The van der Waals surface area contributed by atoms with Gasteiger partial charge in [0, 0.05) is 76.9 Å². The van der Waals surface area contributed by atoms with E-state index in [1.807, 2.05) is 6.07 Å². The predicted octanol–water partition coefficient (Wildman–Crippen LogP) is 2.04. The Bertz CT molecular complexity index is 660. The van der Waals surface area contributed by atoms with Crippen molar-refractivity contribution in [3.05, 3.63) is 18.0 Å². The summed E-state index contributed by atoms with van der Waals surface area (Å²) in [7, 11) is 0. The third kappa shape index (κ3) is 6.43. The molecule has 8 nitrogen and oxygen atoms in total. The molecule has 4 rings (SSSR count). The van der Waals surface area contributed by atoms with Crippen molar-refractivity contribution in [1.82, 2.24) is 25.2 Å². The number of aromatic nitrogens is 1. The van der Waals surface area contributed by atoms with Gasteiger partial charge in [0.1, 0.15) is 6.26 Å². The number of rotatable bonds is 7. The number of hydrogen-bond acceptors (Lipinski definition) is 6. The van der Waals surface area contributed by atoms with Crippen LogP contribution in [0.5, 0.6) is 0 Å². The van der Waals surface area contributed by atoms with Crippen molar-refractivity contribution in [3.8, 4) is 0 Å². The summed E-state index contributed by atoms with van der Waals surface area (Å²) in [5.74, 6) is 1.09. The first-order valence-electron chi connectivity index (χ1n) is 12.2. The zero-order valence-electron chi connectivity index (χ0n) is 19.2. The fraction of sp³-hybridized carbons (Fsp3) is 0.826. The van der Waals surface area contributed by atoms with Gasteiger partial charge >= 0.3 is 0 Å². The van der Waals surface area contributed by atoms with Crippen LogP contribution >= 0.6 is 0 Å². The van der Waals surface area contributed by atoms with E-state index >= 15 is 0 Å². The van der Waals surface area contributed by atoms with E-state index in [1.54, 1.807) is 6.26 Å². The van der Waals surface area contributed by atoms with Crippen LogP contribution in [0.15, 0.2) is 21.8 Å². The lowest BCUT2D eigenvalue weighted by Crippen LogP contribution is -2.52. The first-order valence-corrected chi connectivity index (χ1v) is 12.2. The van der Waals surface area contributed by atoms with Gasteiger partial charge in [0.05, 0.1) is 18.9 Å². The van der Waals surface area contributed by atoms with Gasteiger partial charge in [-0.3, -0.25) is 14.8 Å². The van der Waals surface area contributed by atoms with Crippen molar-refractivity contribution >= 4 is 5.96 Å². The number of guanidine groups is 1. The maximum absolute atomic E-state index is 5.57. The summed E-state index contributed by atoms with van der Waals surface area (Å²) in [6, 6.07) is 1.95. The Hall–Kier alpha value is -1.64. The smallest absolute Gasteiger partial charge is 0.194 e. The summed E-state index contributed by atoms with van der Waals surface area (Å²) in [4.78, 5) is 12.7. The number of piperazine rings is 1. The number of nitrogens with one attached hydrogen (secondary N) is 1. The fourth-order valence-corrected chi connectivity index (χ4v) is 5.24. The molecule has 1 aliphatic carbocycles. The molecule has 0 amide bonds. The van der Waals surface area contributed by atoms with Crippen molar-refractivity contribution in [3.63, 3.8) is 0 Å². The van der Waals surface area contributed by atoms with Crippen molar-refractivity contribution in [2.75, 3.05) is 72.1 Å². The molecule has 174 valence electrons. The molecular weight excluding hydrogens is 392 g/mol. The quantitative estimate of drug-likeness (QED) is 0.522. The SMILES string of the molecule is CCNC(=NCC1(CN2CCOCC2)CCCCC1)N1CCN(Cc2ccon2)CC1. The lowest BCUT2D eigenvalue weighted by atomic mass is 9.73. The normalized spacial score (nSPS) is 23.8. The van der Waals surface area contributed by atoms with Crippen LogP contribution in [0.3, 0.4) is 0 Å². The number of nitrogens with zero attached hydrogens (tertiary/aromatic N) is 5. The molecule has 3 aliphatic rings. The topological polar surface area (TPSA) is 69.4 Å². The summed E-state index contributed by atoms with van der Waals surface area (Å²) < 4.78 is 10.5. The zero-order chi connectivity index (χ0) is 21.4. The zero-order valence-corrected chi connectivity index (χ0v) is 19.2. The van der Waals surface area contributed by atoms with Crippen LogP contribution in [0.4, 0.5) is 0 Å². The second-order valence-electron chi connectivity index (χ2n) is 9.37. The van der Waals surface area contributed by atoms with Crippen molar-refractivity contribution in [2.24, 2.45) is 10.4 Å². The van der Waals surface area contributed by atoms with E-state index in [-0.39, 0.29) is 0 Å². The highest BCUT2D eigenvalue weighted by atomic mass is 16.5. The maximum Gasteiger partial charge on any atom is 0.194 e. The van der Waals surface area contributed by atoms with E-state index in [2.05, 4.69) is 32.1 Å². The Morgan fingerprint density at radius 3 is 2.52 bits per heavy atom. The van der Waals surface area contributed by atoms with Crippen LogP contribution in [-0.4, -0.2) is 97.9 Å². The molecule has 2 saturated heterocycles. The molecule has 1 saturated carbocycles. The Kier molecular flexibility index (Phi) is 8.21. The average Bonchev–Trinajstić information content (AvgIpc) is 3.32. The molecule has 2 aliphatic heterocycles. The molecule has 0 atom stereocenters. The Morgan fingerprint density at radius 1 is 1.06 bits per heavy atom. The minimum Gasteiger partial charge on any atom is -0.379 e. The number of ether oxygens (including phenoxy) is 1. The van der Waals surface area contributed by atoms with Gasteiger partial charge in [0.2, 0.25) is 0 Å². The van der Waals surface area contributed by atoms with Crippen molar-refractivity contribution in [2.45, 2.75) is 45.6 Å². The first kappa shape index (κ1) is 22.6. The average molecular weight is 433 g/mol. The Balaban J connectivity index is 1.36. The molecule has 8 heteroatoms. The largest absolute Gasteiger partial charge is 0.379 e. The van der Waals surface area contributed by atoms with E-state index in [9.17, 15) is 0 Å². The van der Waals surface area contributed by atoms with Crippen molar-refractivity contribution in [1.29, 1.82) is 0 Å². The van der Waals surface area contributed by atoms with Gasteiger partial charge in [-0.25, -0.2) is 0 Å². The molecular formula is C23H40N6O2. The second-order valence-corrected chi connectivity index (χ2v) is 9.37. The van der Waals surface area contributed by atoms with E-state index < -0.39 is 0 Å².